The van der Waals surface area contributed by atoms with Gasteiger partial charge in [0.2, 0.25) is 0 Å². The van der Waals surface area contributed by atoms with Crippen LogP contribution in [0.4, 0.5) is 5.69 Å². The van der Waals surface area contributed by atoms with Gasteiger partial charge in [-0.3, -0.25) is 4.90 Å². The lowest BCUT2D eigenvalue weighted by molar-refractivity contribution is 0.319. The number of aryl methyl sites for hydroxylation is 1. The lowest BCUT2D eigenvalue weighted by Crippen LogP contribution is -2.18. The third-order valence-corrected chi connectivity index (χ3v) is 4.21. The van der Waals surface area contributed by atoms with Crippen molar-refractivity contribution in [2.45, 2.75) is 26.4 Å². The Balaban J connectivity index is 2.03. The second-order valence-electron chi connectivity index (χ2n) is 5.15. The van der Waals surface area contributed by atoms with Crippen LogP contribution < -0.4 is 5.73 Å². The van der Waals surface area contributed by atoms with Gasteiger partial charge in [0, 0.05) is 28.8 Å². The van der Waals surface area contributed by atoms with Crippen LogP contribution in [0.5, 0.6) is 0 Å². The van der Waals surface area contributed by atoms with Gasteiger partial charge in [0.05, 0.1) is 0 Å². The zero-order chi connectivity index (χ0) is 14.5. The van der Waals surface area contributed by atoms with Crippen LogP contribution in [0.25, 0.3) is 0 Å². The molecular weight excluding hydrogens is 312 g/mol. The van der Waals surface area contributed by atoms with Crippen LogP contribution in [0.15, 0.2) is 46.9 Å². The van der Waals surface area contributed by atoms with Crippen LogP contribution in [0.2, 0.25) is 0 Å². The van der Waals surface area contributed by atoms with E-state index in [2.05, 4.69) is 59.1 Å². The molecule has 0 aromatic heterocycles. The fourth-order valence-electron chi connectivity index (χ4n) is 2.26. The van der Waals surface area contributed by atoms with Gasteiger partial charge in [0.1, 0.15) is 0 Å². The smallest absolute Gasteiger partial charge is 0.0371 e. The Bertz CT molecular complexity index is 543. The number of nitrogens with zero attached hydrogens (tertiary/aromatic N) is 1. The van der Waals surface area contributed by atoms with E-state index in [1.165, 1.54) is 11.1 Å². The number of nitrogen functional groups attached to an aromatic ring is 1. The standard InChI is InChI=1S/C17H21BrN2/c1-3-13-7-9-14(10-8-13)11-20(2)12-15-16(18)5-4-6-17(15)19/h4-10H,3,11-12,19H2,1-2H3. The molecule has 0 saturated carbocycles. The Kier molecular flexibility index (Phi) is 5.21. The van der Waals surface area contributed by atoms with Gasteiger partial charge < -0.3 is 5.73 Å². The Labute approximate surface area is 129 Å². The normalized spacial score (nSPS) is 11.0. The molecule has 3 heteroatoms. The molecule has 0 aliphatic heterocycles. The largest absolute Gasteiger partial charge is 0.398 e. The summed E-state index contributed by atoms with van der Waals surface area (Å²) in [7, 11) is 2.12. The quantitative estimate of drug-likeness (QED) is 0.830. The predicted octanol–water partition coefficient (Wildman–Crippen LogP) is 4.23. The summed E-state index contributed by atoms with van der Waals surface area (Å²) in [6, 6.07) is 14.8. The molecule has 0 fully saturated rings. The zero-order valence-electron chi connectivity index (χ0n) is 12.1. The summed E-state index contributed by atoms with van der Waals surface area (Å²) >= 11 is 3.57. The molecule has 0 bridgehead atoms. The average Bonchev–Trinajstić information content (AvgIpc) is 2.44. The topological polar surface area (TPSA) is 29.3 Å². The van der Waals surface area contributed by atoms with E-state index in [-0.39, 0.29) is 0 Å². The summed E-state index contributed by atoms with van der Waals surface area (Å²) < 4.78 is 1.07. The van der Waals surface area contributed by atoms with Gasteiger partial charge in [-0.2, -0.15) is 0 Å². The maximum Gasteiger partial charge on any atom is 0.0371 e. The number of anilines is 1. The molecule has 2 aromatic carbocycles. The first kappa shape index (κ1) is 15.1. The van der Waals surface area contributed by atoms with E-state index in [9.17, 15) is 0 Å². The molecule has 2 N–H and O–H groups in total. The highest BCUT2D eigenvalue weighted by Gasteiger charge is 2.08. The molecule has 0 unspecified atom stereocenters. The maximum atomic E-state index is 6.04. The predicted molar refractivity (Wildman–Crippen MR) is 89.5 cm³/mol. The number of nitrogens with two attached hydrogens (primary N) is 1. The number of halogens is 1. The first-order valence-electron chi connectivity index (χ1n) is 6.89. The van der Waals surface area contributed by atoms with Crippen molar-refractivity contribution in [3.8, 4) is 0 Å². The lowest BCUT2D eigenvalue weighted by atomic mass is 10.1. The molecule has 0 atom stereocenters. The summed E-state index contributed by atoms with van der Waals surface area (Å²) in [5, 5.41) is 0. The molecule has 2 nitrogen and oxygen atoms in total. The van der Waals surface area contributed by atoms with Crippen molar-refractivity contribution in [2.75, 3.05) is 12.8 Å². The van der Waals surface area contributed by atoms with Crippen LogP contribution in [-0.4, -0.2) is 11.9 Å². The second-order valence-corrected chi connectivity index (χ2v) is 6.00. The number of hydrogen-bond acceptors (Lipinski definition) is 2. The van der Waals surface area contributed by atoms with E-state index in [4.69, 9.17) is 5.73 Å². The van der Waals surface area contributed by atoms with E-state index in [1.807, 2.05) is 18.2 Å². The molecule has 0 heterocycles. The van der Waals surface area contributed by atoms with Crippen molar-refractivity contribution < 1.29 is 0 Å². The minimum absolute atomic E-state index is 0.836. The molecule has 0 aliphatic carbocycles. The van der Waals surface area contributed by atoms with Crippen molar-refractivity contribution in [3.05, 3.63) is 63.6 Å². The third-order valence-electron chi connectivity index (χ3n) is 3.47. The van der Waals surface area contributed by atoms with Crippen molar-refractivity contribution in [2.24, 2.45) is 0 Å². The molecule has 0 saturated heterocycles. The van der Waals surface area contributed by atoms with E-state index >= 15 is 0 Å². The maximum absolute atomic E-state index is 6.04. The van der Waals surface area contributed by atoms with Gasteiger partial charge in [0.25, 0.3) is 0 Å². The van der Waals surface area contributed by atoms with Crippen LogP contribution >= 0.6 is 15.9 Å². The highest BCUT2D eigenvalue weighted by Crippen LogP contribution is 2.24. The van der Waals surface area contributed by atoms with E-state index in [0.717, 1.165) is 35.2 Å². The summed E-state index contributed by atoms with van der Waals surface area (Å²) in [5.41, 5.74) is 10.7. The van der Waals surface area contributed by atoms with Gasteiger partial charge in [-0.15, -0.1) is 0 Å². The summed E-state index contributed by atoms with van der Waals surface area (Å²) in [4.78, 5) is 2.28. The Morgan fingerprint density at radius 2 is 1.65 bits per heavy atom. The third kappa shape index (κ3) is 3.84. The van der Waals surface area contributed by atoms with Crippen LogP contribution in [-0.2, 0) is 19.5 Å². The molecule has 0 spiro atoms. The summed E-state index contributed by atoms with van der Waals surface area (Å²) in [6.07, 6.45) is 1.09. The number of rotatable bonds is 5. The lowest BCUT2D eigenvalue weighted by Gasteiger charge is -2.19. The SMILES string of the molecule is CCc1ccc(CN(C)Cc2c(N)cccc2Br)cc1. The molecule has 0 radical (unpaired) electrons. The molecule has 20 heavy (non-hydrogen) atoms. The van der Waals surface area contributed by atoms with E-state index < -0.39 is 0 Å². The molecule has 106 valence electrons. The monoisotopic (exact) mass is 332 g/mol. The first-order valence-corrected chi connectivity index (χ1v) is 7.68. The summed E-state index contributed by atoms with van der Waals surface area (Å²) in [6.45, 7) is 3.93. The highest BCUT2D eigenvalue weighted by atomic mass is 79.9. The first-order chi connectivity index (χ1) is 9.60. The molecule has 0 amide bonds. The van der Waals surface area contributed by atoms with Gasteiger partial charge >= 0.3 is 0 Å². The van der Waals surface area contributed by atoms with Gasteiger partial charge in [-0.05, 0) is 36.7 Å². The fraction of sp³-hybridized carbons (Fsp3) is 0.294. The Morgan fingerprint density at radius 3 is 2.25 bits per heavy atom. The average molecular weight is 333 g/mol. The minimum Gasteiger partial charge on any atom is -0.398 e. The Hall–Kier alpha value is -1.32. The van der Waals surface area contributed by atoms with E-state index in [1.54, 1.807) is 0 Å². The van der Waals surface area contributed by atoms with Crippen molar-refractivity contribution >= 4 is 21.6 Å². The highest BCUT2D eigenvalue weighted by molar-refractivity contribution is 9.10. The van der Waals surface area contributed by atoms with Crippen LogP contribution in [0, 0.1) is 0 Å². The van der Waals surface area contributed by atoms with Gasteiger partial charge in [0.15, 0.2) is 0 Å². The van der Waals surface area contributed by atoms with Crippen LogP contribution in [0.3, 0.4) is 0 Å². The minimum atomic E-state index is 0.836. The van der Waals surface area contributed by atoms with E-state index in [0.29, 0.717) is 0 Å². The number of benzene rings is 2. The van der Waals surface area contributed by atoms with Gasteiger partial charge in [-0.1, -0.05) is 53.2 Å². The number of hydrogen-bond donors (Lipinski definition) is 1. The molecular formula is C17H21BrN2. The van der Waals surface area contributed by atoms with Crippen molar-refractivity contribution in [1.29, 1.82) is 0 Å². The second kappa shape index (κ2) is 6.91. The fourth-order valence-corrected chi connectivity index (χ4v) is 2.77. The zero-order valence-corrected chi connectivity index (χ0v) is 13.7. The molecule has 2 aromatic rings. The molecule has 0 aliphatic rings. The molecule has 2 rings (SSSR count). The Morgan fingerprint density at radius 1 is 1.00 bits per heavy atom. The van der Waals surface area contributed by atoms with Crippen LogP contribution in [0.1, 0.15) is 23.6 Å². The van der Waals surface area contributed by atoms with Gasteiger partial charge in [-0.25, -0.2) is 0 Å². The van der Waals surface area contributed by atoms with Crippen molar-refractivity contribution in [3.63, 3.8) is 0 Å². The summed E-state index contributed by atoms with van der Waals surface area (Å²) in [5.74, 6) is 0. The van der Waals surface area contributed by atoms with Crippen molar-refractivity contribution in [1.82, 2.24) is 4.90 Å².